The van der Waals surface area contributed by atoms with Crippen molar-refractivity contribution in [2.24, 2.45) is 5.73 Å². The first-order valence-corrected chi connectivity index (χ1v) is 6.76. The molecule has 0 amide bonds. The maximum Gasteiger partial charge on any atom is 0.320 e. The molecule has 0 unspecified atom stereocenters. The van der Waals surface area contributed by atoms with Crippen LogP contribution in [0.2, 0.25) is 0 Å². The monoisotopic (exact) mass is 259 g/mol. The van der Waals surface area contributed by atoms with Gasteiger partial charge in [0.25, 0.3) is 0 Å². The Morgan fingerprint density at radius 2 is 2.06 bits per heavy atom. The van der Waals surface area contributed by atoms with Crippen molar-refractivity contribution in [2.75, 3.05) is 6.26 Å². The van der Waals surface area contributed by atoms with Gasteiger partial charge in [0.2, 0.25) is 0 Å². The molecule has 0 heterocycles. The number of sulfone groups is 1. The molecule has 0 saturated heterocycles. The molecule has 0 spiro atoms. The van der Waals surface area contributed by atoms with Crippen LogP contribution in [0.5, 0.6) is 0 Å². The van der Waals surface area contributed by atoms with E-state index in [4.69, 9.17) is 10.8 Å². The Kier molecular flexibility index (Phi) is 5.84. The van der Waals surface area contributed by atoms with Gasteiger partial charge in [0.15, 0.2) is 9.84 Å². The Morgan fingerprint density at radius 1 is 1.53 bits per heavy atom. The molecule has 0 radical (unpaired) electrons. The molecule has 0 aliphatic rings. The summed E-state index contributed by atoms with van der Waals surface area (Å²) < 4.78 is 22.4. The van der Waals surface area contributed by atoms with Gasteiger partial charge in [0.1, 0.15) is 6.04 Å². The summed E-state index contributed by atoms with van der Waals surface area (Å²) in [7, 11) is -3.27. The number of aliphatic carboxylic acids is 1. The van der Waals surface area contributed by atoms with Crippen molar-refractivity contribution < 1.29 is 18.3 Å². The van der Waals surface area contributed by atoms with Crippen LogP contribution in [0, 0.1) is 0 Å². The first kappa shape index (κ1) is 15.6. The van der Waals surface area contributed by atoms with Crippen LogP contribution < -0.4 is 5.73 Å². The fourth-order valence-electron chi connectivity index (χ4n) is 1.04. The Morgan fingerprint density at radius 3 is 2.41 bits per heavy atom. The third-order valence-corrected chi connectivity index (χ3v) is 3.37. The number of nitrogens with two attached hydrogens (primary N) is 1. The van der Waals surface area contributed by atoms with Crippen LogP contribution in [0.15, 0.2) is 35.3 Å². The van der Waals surface area contributed by atoms with Crippen molar-refractivity contribution in [3.8, 4) is 0 Å². The van der Waals surface area contributed by atoms with E-state index in [1.807, 2.05) is 0 Å². The second kappa shape index (κ2) is 6.36. The zero-order chi connectivity index (χ0) is 13.6. The van der Waals surface area contributed by atoms with Crippen molar-refractivity contribution >= 4 is 15.8 Å². The number of carboxylic acids is 1. The highest BCUT2D eigenvalue weighted by Crippen LogP contribution is 2.13. The predicted octanol–water partition coefficient (Wildman–Crippen LogP) is 0.849. The van der Waals surface area contributed by atoms with Gasteiger partial charge in [-0.1, -0.05) is 18.7 Å². The van der Waals surface area contributed by atoms with E-state index in [1.165, 1.54) is 25.2 Å². The van der Waals surface area contributed by atoms with Gasteiger partial charge in [-0.05, 0) is 25.0 Å². The zero-order valence-electron chi connectivity index (χ0n) is 9.88. The summed E-state index contributed by atoms with van der Waals surface area (Å²) in [5.74, 6) is -1.13. The predicted molar refractivity (Wildman–Crippen MR) is 67.1 cm³/mol. The molecule has 0 fully saturated rings. The lowest BCUT2D eigenvalue weighted by molar-refractivity contribution is -0.138. The summed E-state index contributed by atoms with van der Waals surface area (Å²) in [4.78, 5) is 10.8. The molecule has 0 bridgehead atoms. The molecule has 0 aromatic carbocycles. The first-order chi connectivity index (χ1) is 7.68. The van der Waals surface area contributed by atoms with Gasteiger partial charge in [-0.3, -0.25) is 4.79 Å². The standard InChI is InChI=1S/C11H17NO4S/c1-4-5-9(7-10(12)11(13)14)6-8(2)17(3,15)16/h4-6,10H,1,7,12H2,2-3H3,(H,13,14)/b8-6+,9-5+/t10-/m0/s1. The zero-order valence-corrected chi connectivity index (χ0v) is 10.7. The van der Waals surface area contributed by atoms with Crippen molar-refractivity contribution in [3.63, 3.8) is 0 Å². The SMILES string of the molecule is C=C/C=C(\C=C(/C)S(C)(=O)=O)C[C@H](N)C(=O)O. The lowest BCUT2D eigenvalue weighted by Gasteiger charge is -2.08. The van der Waals surface area contributed by atoms with Crippen LogP contribution >= 0.6 is 0 Å². The van der Waals surface area contributed by atoms with E-state index < -0.39 is 21.8 Å². The highest BCUT2D eigenvalue weighted by atomic mass is 32.2. The second-order valence-electron chi connectivity index (χ2n) is 3.65. The Labute approximate surface area is 101 Å². The molecule has 0 aromatic rings. The van der Waals surface area contributed by atoms with E-state index in [0.717, 1.165) is 6.26 Å². The summed E-state index contributed by atoms with van der Waals surface area (Å²) in [6, 6.07) is -1.06. The van der Waals surface area contributed by atoms with E-state index in [0.29, 0.717) is 5.57 Å². The summed E-state index contributed by atoms with van der Waals surface area (Å²) >= 11 is 0. The molecule has 17 heavy (non-hydrogen) atoms. The minimum atomic E-state index is -3.27. The number of rotatable bonds is 6. The maximum absolute atomic E-state index is 11.2. The van der Waals surface area contributed by atoms with E-state index in [-0.39, 0.29) is 11.3 Å². The van der Waals surface area contributed by atoms with Gasteiger partial charge in [-0.25, -0.2) is 8.42 Å². The average molecular weight is 259 g/mol. The molecule has 0 aliphatic carbocycles. The summed E-state index contributed by atoms with van der Waals surface area (Å²) in [5.41, 5.74) is 5.89. The number of hydrogen-bond donors (Lipinski definition) is 2. The molecule has 5 nitrogen and oxygen atoms in total. The van der Waals surface area contributed by atoms with Gasteiger partial charge in [0.05, 0.1) is 0 Å². The molecular formula is C11H17NO4S. The van der Waals surface area contributed by atoms with E-state index in [9.17, 15) is 13.2 Å². The normalized spacial score (nSPS) is 15.5. The Balaban J connectivity index is 5.10. The number of allylic oxidation sites excluding steroid dienone is 4. The Hall–Kier alpha value is -1.40. The fraction of sp³-hybridized carbons (Fsp3) is 0.364. The van der Waals surface area contributed by atoms with Gasteiger partial charge in [0, 0.05) is 11.2 Å². The van der Waals surface area contributed by atoms with Crippen molar-refractivity contribution in [1.29, 1.82) is 0 Å². The topological polar surface area (TPSA) is 97.5 Å². The lowest BCUT2D eigenvalue weighted by Crippen LogP contribution is -2.30. The summed E-state index contributed by atoms with van der Waals surface area (Å²) in [6.45, 7) is 4.92. The number of hydrogen-bond acceptors (Lipinski definition) is 4. The highest BCUT2D eigenvalue weighted by Gasteiger charge is 2.14. The lowest BCUT2D eigenvalue weighted by atomic mass is 10.1. The average Bonchev–Trinajstić information content (AvgIpc) is 2.16. The van der Waals surface area contributed by atoms with Gasteiger partial charge < -0.3 is 10.8 Å². The van der Waals surface area contributed by atoms with Crippen molar-refractivity contribution in [3.05, 3.63) is 35.3 Å². The van der Waals surface area contributed by atoms with Gasteiger partial charge in [-0.15, -0.1) is 0 Å². The van der Waals surface area contributed by atoms with E-state index in [1.54, 1.807) is 0 Å². The quantitative estimate of drug-likeness (QED) is 0.689. The fourth-order valence-corrected chi connectivity index (χ4v) is 1.40. The highest BCUT2D eigenvalue weighted by molar-refractivity contribution is 7.94. The van der Waals surface area contributed by atoms with Crippen LogP contribution in [0.3, 0.4) is 0 Å². The van der Waals surface area contributed by atoms with Crippen LogP contribution in [0.1, 0.15) is 13.3 Å². The summed E-state index contributed by atoms with van der Waals surface area (Å²) in [6.07, 6.45) is 5.53. The van der Waals surface area contributed by atoms with Gasteiger partial charge in [-0.2, -0.15) is 0 Å². The van der Waals surface area contributed by atoms with Crippen LogP contribution in [-0.2, 0) is 14.6 Å². The molecular weight excluding hydrogens is 242 g/mol. The molecule has 0 aromatic heterocycles. The molecule has 0 saturated carbocycles. The van der Waals surface area contributed by atoms with Crippen LogP contribution in [0.25, 0.3) is 0 Å². The molecule has 0 rings (SSSR count). The smallest absolute Gasteiger partial charge is 0.320 e. The number of carbonyl (C=O) groups is 1. The largest absolute Gasteiger partial charge is 0.480 e. The van der Waals surface area contributed by atoms with E-state index in [2.05, 4.69) is 6.58 Å². The van der Waals surface area contributed by atoms with Crippen LogP contribution in [-0.4, -0.2) is 31.8 Å². The van der Waals surface area contributed by atoms with Crippen molar-refractivity contribution in [2.45, 2.75) is 19.4 Å². The van der Waals surface area contributed by atoms with Crippen molar-refractivity contribution in [1.82, 2.24) is 0 Å². The third-order valence-electron chi connectivity index (χ3n) is 2.08. The molecule has 6 heteroatoms. The van der Waals surface area contributed by atoms with E-state index >= 15 is 0 Å². The first-order valence-electron chi connectivity index (χ1n) is 4.86. The molecule has 96 valence electrons. The minimum Gasteiger partial charge on any atom is -0.480 e. The minimum absolute atomic E-state index is 0.0498. The molecule has 3 N–H and O–H groups in total. The summed E-state index contributed by atoms with van der Waals surface area (Å²) in [5, 5.41) is 8.68. The molecule has 0 aliphatic heterocycles. The van der Waals surface area contributed by atoms with Gasteiger partial charge >= 0.3 is 5.97 Å². The third kappa shape index (κ3) is 6.03. The van der Waals surface area contributed by atoms with Crippen LogP contribution in [0.4, 0.5) is 0 Å². The second-order valence-corrected chi connectivity index (χ2v) is 5.84. The Bertz CT molecular complexity index is 460. The number of carboxylic acid groups (broad SMARTS) is 1. The maximum atomic E-state index is 11.2. The molecule has 1 atom stereocenters.